The zero-order valence-corrected chi connectivity index (χ0v) is 14.1. The standard InChI is InChI=1S/C18H25N5/c1-3-10-22(11-4-2)17-13-19-21-18(20-17)23-12-9-15-7-5-6-8-16(15)14-23/h5-8,13H,3-4,9-12,14H2,1-2H3. The van der Waals surface area contributed by atoms with E-state index in [0.29, 0.717) is 0 Å². The largest absolute Gasteiger partial charge is 0.355 e. The summed E-state index contributed by atoms with van der Waals surface area (Å²) < 4.78 is 0. The first-order chi connectivity index (χ1) is 11.3. The maximum absolute atomic E-state index is 4.79. The van der Waals surface area contributed by atoms with Gasteiger partial charge >= 0.3 is 0 Å². The van der Waals surface area contributed by atoms with Gasteiger partial charge in [0.1, 0.15) is 0 Å². The minimum Gasteiger partial charge on any atom is -0.355 e. The molecule has 0 atom stereocenters. The van der Waals surface area contributed by atoms with Gasteiger partial charge < -0.3 is 9.80 Å². The van der Waals surface area contributed by atoms with Crippen molar-refractivity contribution in [2.24, 2.45) is 0 Å². The Labute approximate surface area is 138 Å². The average molecular weight is 311 g/mol. The molecule has 1 aromatic heterocycles. The summed E-state index contributed by atoms with van der Waals surface area (Å²) in [6, 6.07) is 8.62. The second-order valence-electron chi connectivity index (χ2n) is 6.04. The summed E-state index contributed by atoms with van der Waals surface area (Å²) in [5.74, 6) is 1.69. The molecule has 0 saturated carbocycles. The van der Waals surface area contributed by atoms with Gasteiger partial charge in [0.15, 0.2) is 5.82 Å². The second kappa shape index (κ2) is 7.40. The van der Waals surface area contributed by atoms with Gasteiger partial charge in [-0.2, -0.15) is 10.1 Å². The van der Waals surface area contributed by atoms with Gasteiger partial charge in [0, 0.05) is 26.2 Å². The van der Waals surface area contributed by atoms with Crippen molar-refractivity contribution >= 4 is 11.8 Å². The highest BCUT2D eigenvalue weighted by molar-refractivity contribution is 5.44. The highest BCUT2D eigenvalue weighted by atomic mass is 15.3. The predicted octanol–water partition coefficient (Wildman–Crippen LogP) is 3.06. The van der Waals surface area contributed by atoms with Crippen LogP contribution in [0.3, 0.4) is 0 Å². The van der Waals surface area contributed by atoms with Gasteiger partial charge in [0.2, 0.25) is 5.95 Å². The van der Waals surface area contributed by atoms with Crippen molar-refractivity contribution in [3.63, 3.8) is 0 Å². The van der Waals surface area contributed by atoms with Crippen LogP contribution in [0, 0.1) is 0 Å². The Balaban J connectivity index is 1.80. The molecule has 5 nitrogen and oxygen atoms in total. The van der Waals surface area contributed by atoms with Gasteiger partial charge in [-0.15, -0.1) is 5.10 Å². The molecule has 5 heteroatoms. The van der Waals surface area contributed by atoms with Crippen LogP contribution in [0.4, 0.5) is 11.8 Å². The monoisotopic (exact) mass is 311 g/mol. The average Bonchev–Trinajstić information content (AvgIpc) is 2.61. The van der Waals surface area contributed by atoms with Gasteiger partial charge in [0.25, 0.3) is 0 Å². The minimum atomic E-state index is 0.745. The van der Waals surface area contributed by atoms with E-state index in [0.717, 1.165) is 57.2 Å². The molecule has 0 spiro atoms. The third-order valence-corrected chi connectivity index (χ3v) is 4.26. The Bertz CT molecular complexity index is 637. The number of rotatable bonds is 6. The van der Waals surface area contributed by atoms with Gasteiger partial charge in [-0.05, 0) is 30.4 Å². The molecule has 0 fully saturated rings. The number of benzene rings is 1. The second-order valence-corrected chi connectivity index (χ2v) is 6.04. The van der Waals surface area contributed by atoms with Crippen LogP contribution < -0.4 is 9.80 Å². The Morgan fingerprint density at radius 2 is 1.83 bits per heavy atom. The van der Waals surface area contributed by atoms with E-state index in [1.165, 1.54) is 11.1 Å². The SMILES string of the molecule is CCCN(CCC)c1cnnc(N2CCc3ccccc3C2)n1. The molecule has 0 N–H and O–H groups in total. The Morgan fingerprint density at radius 1 is 1.09 bits per heavy atom. The molecule has 2 heterocycles. The predicted molar refractivity (Wildman–Crippen MR) is 93.8 cm³/mol. The highest BCUT2D eigenvalue weighted by Crippen LogP contribution is 2.22. The first-order valence-electron chi connectivity index (χ1n) is 8.58. The van der Waals surface area contributed by atoms with Gasteiger partial charge in [-0.3, -0.25) is 0 Å². The van der Waals surface area contributed by atoms with Crippen LogP contribution >= 0.6 is 0 Å². The molecule has 0 amide bonds. The number of nitrogens with zero attached hydrogens (tertiary/aromatic N) is 5. The fourth-order valence-electron chi connectivity index (χ4n) is 3.12. The summed E-state index contributed by atoms with van der Waals surface area (Å²) in [6.07, 6.45) is 5.04. The van der Waals surface area contributed by atoms with Gasteiger partial charge in [-0.1, -0.05) is 38.1 Å². The summed E-state index contributed by atoms with van der Waals surface area (Å²) in [5.41, 5.74) is 2.80. The van der Waals surface area contributed by atoms with Crippen LogP contribution in [0.2, 0.25) is 0 Å². The number of anilines is 2. The van der Waals surface area contributed by atoms with Gasteiger partial charge in [-0.25, -0.2) is 0 Å². The van der Waals surface area contributed by atoms with Crippen molar-refractivity contribution in [2.75, 3.05) is 29.4 Å². The molecule has 0 saturated heterocycles. The third-order valence-electron chi connectivity index (χ3n) is 4.26. The van der Waals surface area contributed by atoms with E-state index < -0.39 is 0 Å². The molecule has 0 aliphatic carbocycles. The quantitative estimate of drug-likeness (QED) is 0.820. The lowest BCUT2D eigenvalue weighted by molar-refractivity contribution is 0.684. The molecule has 0 bridgehead atoms. The Morgan fingerprint density at radius 3 is 2.57 bits per heavy atom. The van der Waals surface area contributed by atoms with E-state index in [1.807, 2.05) is 0 Å². The molecular weight excluding hydrogens is 286 g/mol. The molecule has 23 heavy (non-hydrogen) atoms. The van der Waals surface area contributed by atoms with Crippen LogP contribution in [-0.4, -0.2) is 34.8 Å². The van der Waals surface area contributed by atoms with Crippen LogP contribution in [0.1, 0.15) is 37.8 Å². The number of aromatic nitrogens is 3. The molecular formula is C18H25N5. The van der Waals surface area contributed by atoms with Crippen molar-refractivity contribution < 1.29 is 0 Å². The smallest absolute Gasteiger partial charge is 0.247 e. The van der Waals surface area contributed by atoms with E-state index >= 15 is 0 Å². The van der Waals surface area contributed by atoms with Crippen LogP contribution in [-0.2, 0) is 13.0 Å². The van der Waals surface area contributed by atoms with Crippen molar-refractivity contribution in [3.05, 3.63) is 41.6 Å². The van der Waals surface area contributed by atoms with Crippen molar-refractivity contribution in [1.82, 2.24) is 15.2 Å². The first kappa shape index (κ1) is 15.7. The highest BCUT2D eigenvalue weighted by Gasteiger charge is 2.19. The number of hydrogen-bond acceptors (Lipinski definition) is 5. The summed E-state index contributed by atoms with van der Waals surface area (Å²) in [5, 5.41) is 8.48. The van der Waals surface area contributed by atoms with Crippen LogP contribution in [0.15, 0.2) is 30.5 Å². The van der Waals surface area contributed by atoms with Crippen molar-refractivity contribution in [3.8, 4) is 0 Å². The molecule has 3 rings (SSSR count). The topological polar surface area (TPSA) is 45.2 Å². The van der Waals surface area contributed by atoms with Gasteiger partial charge in [0.05, 0.1) is 6.20 Å². The van der Waals surface area contributed by atoms with E-state index in [9.17, 15) is 0 Å². The lowest BCUT2D eigenvalue weighted by Gasteiger charge is -2.29. The van der Waals surface area contributed by atoms with E-state index in [-0.39, 0.29) is 0 Å². The molecule has 0 unspecified atom stereocenters. The maximum atomic E-state index is 4.79. The van der Waals surface area contributed by atoms with Crippen molar-refractivity contribution in [1.29, 1.82) is 0 Å². The number of hydrogen-bond donors (Lipinski definition) is 0. The molecule has 0 radical (unpaired) electrons. The summed E-state index contributed by atoms with van der Waals surface area (Å²) >= 11 is 0. The molecule has 1 aliphatic heterocycles. The Kier molecular flexibility index (Phi) is 5.05. The third kappa shape index (κ3) is 3.60. The Hall–Kier alpha value is -2.17. The number of fused-ring (bicyclic) bond motifs is 1. The lowest BCUT2D eigenvalue weighted by Crippen LogP contribution is -2.33. The zero-order chi connectivity index (χ0) is 16.1. The first-order valence-corrected chi connectivity index (χ1v) is 8.58. The molecule has 122 valence electrons. The zero-order valence-electron chi connectivity index (χ0n) is 14.1. The summed E-state index contributed by atoms with van der Waals surface area (Å²) in [4.78, 5) is 9.32. The van der Waals surface area contributed by atoms with E-state index in [4.69, 9.17) is 4.98 Å². The van der Waals surface area contributed by atoms with Crippen LogP contribution in [0.5, 0.6) is 0 Å². The van der Waals surface area contributed by atoms with E-state index in [2.05, 4.69) is 58.1 Å². The molecule has 1 aliphatic rings. The fourth-order valence-corrected chi connectivity index (χ4v) is 3.12. The van der Waals surface area contributed by atoms with E-state index in [1.54, 1.807) is 6.20 Å². The van der Waals surface area contributed by atoms with Crippen molar-refractivity contribution in [2.45, 2.75) is 39.7 Å². The maximum Gasteiger partial charge on any atom is 0.247 e. The fraction of sp³-hybridized carbons (Fsp3) is 0.500. The molecule has 2 aromatic rings. The molecule has 1 aromatic carbocycles. The summed E-state index contributed by atoms with van der Waals surface area (Å²) in [6.45, 7) is 8.22. The minimum absolute atomic E-state index is 0.745. The summed E-state index contributed by atoms with van der Waals surface area (Å²) in [7, 11) is 0. The van der Waals surface area contributed by atoms with Crippen LogP contribution in [0.25, 0.3) is 0 Å². The lowest BCUT2D eigenvalue weighted by atomic mass is 10.0. The normalized spacial score (nSPS) is 13.7.